The van der Waals surface area contributed by atoms with Crippen LogP contribution in [-0.4, -0.2) is 33.0 Å². The van der Waals surface area contributed by atoms with E-state index in [9.17, 15) is 10.2 Å². The van der Waals surface area contributed by atoms with Gasteiger partial charge in [-0.1, -0.05) is 0 Å². The van der Waals surface area contributed by atoms with Gasteiger partial charge < -0.3 is 21.7 Å². The lowest BCUT2D eigenvalue weighted by atomic mass is 10.0. The van der Waals surface area contributed by atoms with Crippen LogP contribution in [0.3, 0.4) is 0 Å². The second kappa shape index (κ2) is 8.08. The zero-order valence-electron chi connectivity index (χ0n) is 16.5. The minimum atomic E-state index is -0.867. The van der Waals surface area contributed by atoms with E-state index in [0.717, 1.165) is 0 Å². The molecule has 0 saturated heterocycles. The summed E-state index contributed by atoms with van der Waals surface area (Å²) in [5.74, 6) is 0.849. The highest BCUT2D eigenvalue weighted by Gasteiger charge is 2.27. The summed E-state index contributed by atoms with van der Waals surface area (Å²) >= 11 is 0. The van der Waals surface area contributed by atoms with E-state index in [0.29, 0.717) is 11.4 Å². The van der Waals surface area contributed by atoms with Gasteiger partial charge in [0.2, 0.25) is 0 Å². The maximum Gasteiger partial charge on any atom is 0.133 e. The third-order valence-electron chi connectivity index (χ3n) is 4.00. The molecule has 0 heterocycles. The Morgan fingerprint density at radius 1 is 0.643 bits per heavy atom. The van der Waals surface area contributed by atoms with Gasteiger partial charge in [0.15, 0.2) is 0 Å². The molecule has 8 heteroatoms. The number of azo groups is 1. The highest BCUT2D eigenvalue weighted by Crippen LogP contribution is 2.23. The molecule has 2 aromatic carbocycles. The maximum absolute atomic E-state index is 9.35. The minimum absolute atomic E-state index is 0.154. The molecule has 0 bridgehead atoms. The van der Waals surface area contributed by atoms with Gasteiger partial charge >= 0.3 is 0 Å². The molecule has 0 aliphatic carbocycles. The average molecular weight is 382 g/mol. The van der Waals surface area contributed by atoms with Gasteiger partial charge in [0, 0.05) is 0 Å². The van der Waals surface area contributed by atoms with Gasteiger partial charge in [0.05, 0.1) is 11.4 Å². The molecular formula is C20H26N6O2. The number of nitrogens with two attached hydrogens (primary N) is 2. The van der Waals surface area contributed by atoms with Crippen LogP contribution >= 0.6 is 0 Å². The van der Waals surface area contributed by atoms with Gasteiger partial charge in [-0.05, 0) is 76.2 Å². The van der Waals surface area contributed by atoms with Crippen molar-refractivity contribution in [3.63, 3.8) is 0 Å². The maximum atomic E-state index is 9.35. The molecule has 0 fully saturated rings. The summed E-state index contributed by atoms with van der Waals surface area (Å²) in [6.07, 6.45) is 0. The first-order valence-electron chi connectivity index (χ1n) is 8.71. The Hall–Kier alpha value is -3.42. The molecule has 2 aromatic rings. The Morgan fingerprint density at radius 3 is 1.21 bits per heavy atom. The highest BCUT2D eigenvalue weighted by molar-refractivity contribution is 5.92. The number of phenolic OH excluding ortho intramolecular Hbond substituents is 2. The number of nitrogens with zero attached hydrogens (tertiary/aromatic N) is 4. The quantitative estimate of drug-likeness (QED) is 0.342. The summed E-state index contributed by atoms with van der Waals surface area (Å²) in [7, 11) is 0. The first kappa shape index (κ1) is 20.9. The topological polar surface area (TPSA) is 142 Å². The van der Waals surface area contributed by atoms with Crippen LogP contribution in [0.5, 0.6) is 11.5 Å². The smallest absolute Gasteiger partial charge is 0.133 e. The number of hydrogen-bond acceptors (Lipinski definition) is 6. The van der Waals surface area contributed by atoms with Crippen molar-refractivity contribution in [3.8, 4) is 11.5 Å². The van der Waals surface area contributed by atoms with E-state index in [4.69, 9.17) is 11.5 Å². The lowest BCUT2D eigenvalue weighted by Crippen LogP contribution is -2.39. The third kappa shape index (κ3) is 5.54. The number of amidine groups is 2. The molecule has 0 spiro atoms. The molecular weight excluding hydrogens is 356 g/mol. The van der Waals surface area contributed by atoms with Gasteiger partial charge in [-0.2, -0.15) is 10.2 Å². The summed E-state index contributed by atoms with van der Waals surface area (Å²) in [6.45, 7) is 7.16. The van der Waals surface area contributed by atoms with Gasteiger partial charge in [-0.25, -0.2) is 9.98 Å². The van der Waals surface area contributed by atoms with Crippen molar-refractivity contribution < 1.29 is 10.2 Å². The van der Waals surface area contributed by atoms with Crippen molar-refractivity contribution in [3.05, 3.63) is 48.5 Å². The molecule has 0 aliphatic heterocycles. The lowest BCUT2D eigenvalue weighted by Gasteiger charge is -2.22. The SMILES string of the molecule is CC(C)(N=NC(C)(C)C(N)=Nc1ccc(O)cc1)C(N)=Nc1ccc(O)cc1. The zero-order valence-corrected chi connectivity index (χ0v) is 16.5. The number of aliphatic imine (C=N–C) groups is 2. The second-order valence-electron chi connectivity index (χ2n) is 7.34. The standard InChI is InChI=1S/C20H26N6O2/c1-19(2,17(21)23-13-5-9-15(27)10-6-13)25-26-20(3,4)18(22)24-14-7-11-16(28)12-8-14/h5-12,27-28H,1-4H3,(H2,21,23)(H2,22,24). The van der Waals surface area contributed by atoms with Crippen LogP contribution in [0.25, 0.3) is 0 Å². The molecule has 0 unspecified atom stereocenters. The molecule has 2 rings (SSSR count). The monoisotopic (exact) mass is 382 g/mol. The Kier molecular flexibility index (Phi) is 6.03. The molecule has 0 amide bonds. The number of rotatable bonds is 6. The first-order chi connectivity index (χ1) is 13.0. The molecule has 8 nitrogen and oxygen atoms in total. The van der Waals surface area contributed by atoms with E-state index >= 15 is 0 Å². The van der Waals surface area contributed by atoms with Crippen LogP contribution in [-0.2, 0) is 0 Å². The Labute approximate surface area is 164 Å². The van der Waals surface area contributed by atoms with E-state index in [1.54, 1.807) is 52.0 Å². The Balaban J connectivity index is 2.20. The fourth-order valence-corrected chi connectivity index (χ4v) is 1.96. The van der Waals surface area contributed by atoms with E-state index < -0.39 is 11.1 Å². The van der Waals surface area contributed by atoms with Gasteiger partial charge in [0.25, 0.3) is 0 Å². The van der Waals surface area contributed by atoms with Crippen molar-refractivity contribution in [2.45, 2.75) is 38.8 Å². The van der Waals surface area contributed by atoms with Crippen molar-refractivity contribution >= 4 is 23.0 Å². The van der Waals surface area contributed by atoms with E-state index in [1.165, 1.54) is 24.3 Å². The van der Waals surface area contributed by atoms with Crippen LogP contribution in [0.1, 0.15) is 27.7 Å². The summed E-state index contributed by atoms with van der Waals surface area (Å²) in [6, 6.07) is 12.7. The van der Waals surface area contributed by atoms with Crippen molar-refractivity contribution in [1.82, 2.24) is 0 Å². The third-order valence-corrected chi connectivity index (χ3v) is 4.00. The van der Waals surface area contributed by atoms with Crippen molar-refractivity contribution in [1.29, 1.82) is 0 Å². The summed E-state index contributed by atoms with van der Waals surface area (Å²) < 4.78 is 0. The van der Waals surface area contributed by atoms with Crippen LogP contribution in [0.2, 0.25) is 0 Å². The minimum Gasteiger partial charge on any atom is -0.508 e. The van der Waals surface area contributed by atoms with E-state index in [1.807, 2.05) is 0 Å². The highest BCUT2D eigenvalue weighted by atomic mass is 16.3. The second-order valence-corrected chi connectivity index (χ2v) is 7.34. The number of phenols is 2. The fourth-order valence-electron chi connectivity index (χ4n) is 1.96. The molecule has 148 valence electrons. The van der Waals surface area contributed by atoms with Crippen molar-refractivity contribution in [2.75, 3.05) is 0 Å². The first-order valence-corrected chi connectivity index (χ1v) is 8.71. The predicted molar refractivity (Wildman–Crippen MR) is 112 cm³/mol. The van der Waals surface area contributed by atoms with Crippen LogP contribution in [0.4, 0.5) is 11.4 Å². The predicted octanol–water partition coefficient (Wildman–Crippen LogP) is 3.78. The van der Waals surface area contributed by atoms with E-state index in [2.05, 4.69) is 20.2 Å². The molecule has 28 heavy (non-hydrogen) atoms. The summed E-state index contributed by atoms with van der Waals surface area (Å²) in [5.41, 5.74) is 11.7. The normalized spacial score (nSPS) is 13.9. The van der Waals surface area contributed by atoms with Crippen LogP contribution in [0.15, 0.2) is 68.7 Å². The number of benzene rings is 2. The largest absolute Gasteiger partial charge is 0.508 e. The summed E-state index contributed by atoms with van der Waals surface area (Å²) in [4.78, 5) is 8.68. The molecule has 0 radical (unpaired) electrons. The van der Waals surface area contributed by atoms with Crippen LogP contribution < -0.4 is 11.5 Å². The number of aromatic hydroxyl groups is 2. The lowest BCUT2D eigenvalue weighted by molar-refractivity contribution is 0.475. The van der Waals surface area contributed by atoms with Gasteiger partial charge in [-0.15, -0.1) is 0 Å². The Morgan fingerprint density at radius 2 is 0.929 bits per heavy atom. The van der Waals surface area contributed by atoms with E-state index in [-0.39, 0.29) is 23.2 Å². The summed E-state index contributed by atoms with van der Waals surface area (Å²) in [5, 5.41) is 27.4. The van der Waals surface area contributed by atoms with Gasteiger partial charge in [0.1, 0.15) is 34.2 Å². The zero-order chi connectivity index (χ0) is 20.9. The van der Waals surface area contributed by atoms with Crippen molar-refractivity contribution in [2.24, 2.45) is 31.7 Å². The molecule has 6 N–H and O–H groups in total. The van der Waals surface area contributed by atoms with Gasteiger partial charge in [-0.3, -0.25) is 0 Å². The molecule has 0 aromatic heterocycles. The molecule has 0 atom stereocenters. The Bertz CT molecular complexity index is 822. The molecule has 0 aliphatic rings. The fraction of sp³-hybridized carbons (Fsp3) is 0.300. The number of hydrogen-bond donors (Lipinski definition) is 4. The molecule has 0 saturated carbocycles. The van der Waals surface area contributed by atoms with Crippen LogP contribution in [0, 0.1) is 0 Å². The average Bonchev–Trinajstić information content (AvgIpc) is 2.64.